The second kappa shape index (κ2) is 5.53. The Morgan fingerprint density at radius 1 is 1.44 bits per heavy atom. The van der Waals surface area contributed by atoms with E-state index in [1.165, 1.54) is 11.3 Å². The third-order valence-electron chi connectivity index (χ3n) is 2.17. The number of thiophene rings is 1. The fourth-order valence-electron chi connectivity index (χ4n) is 1.35. The summed E-state index contributed by atoms with van der Waals surface area (Å²) in [6.07, 6.45) is 0. The molecule has 1 amide bonds. The van der Waals surface area contributed by atoms with Gasteiger partial charge in [-0.1, -0.05) is 27.5 Å². The molecule has 0 saturated carbocycles. The molecule has 1 heterocycles. The summed E-state index contributed by atoms with van der Waals surface area (Å²) in [5, 5.41) is 13.8. The number of benzene rings is 1. The highest BCUT2D eigenvalue weighted by Crippen LogP contribution is 2.25. The van der Waals surface area contributed by atoms with Gasteiger partial charge in [-0.25, -0.2) is 0 Å². The quantitative estimate of drug-likeness (QED) is 0.886. The van der Waals surface area contributed by atoms with Gasteiger partial charge in [0, 0.05) is 4.47 Å². The topological polar surface area (TPSA) is 52.9 Å². The van der Waals surface area contributed by atoms with Crippen LogP contribution < -0.4 is 5.32 Å². The van der Waals surface area contributed by atoms with Crippen molar-refractivity contribution in [3.05, 3.63) is 49.6 Å². The third kappa shape index (κ3) is 2.72. The highest BCUT2D eigenvalue weighted by atomic mass is 79.9. The third-order valence-corrected chi connectivity index (χ3v) is 4.01. The number of carbonyl (C=O) groups excluding carboxylic acids is 1. The minimum atomic E-state index is -0.311. The van der Waals surface area contributed by atoms with Crippen molar-refractivity contribution in [1.82, 2.24) is 0 Å². The molecule has 90 valence electrons. The lowest BCUT2D eigenvalue weighted by Crippen LogP contribution is -2.11. The second-order valence-corrected chi connectivity index (χ2v) is 5.59. The highest BCUT2D eigenvalue weighted by molar-refractivity contribution is 9.10. The number of nitrogens with one attached hydrogen (secondary N) is 1. The smallest absolute Gasteiger partial charge is 0.267 e. The van der Waals surface area contributed by atoms with Gasteiger partial charge in [0.1, 0.15) is 10.9 Å². The maximum Gasteiger partial charge on any atom is 0.267 e. The van der Waals surface area contributed by atoms with E-state index in [0.29, 0.717) is 21.2 Å². The van der Waals surface area contributed by atoms with Crippen LogP contribution >= 0.6 is 38.9 Å². The Morgan fingerprint density at radius 3 is 2.83 bits per heavy atom. The van der Waals surface area contributed by atoms with Crippen LogP contribution in [0.2, 0.25) is 5.02 Å². The molecule has 6 heteroatoms. The number of nitriles is 1. The van der Waals surface area contributed by atoms with Crippen molar-refractivity contribution < 1.29 is 4.79 Å². The number of carbonyl (C=O) groups is 1. The number of hydrogen-bond acceptors (Lipinski definition) is 3. The summed E-state index contributed by atoms with van der Waals surface area (Å²) in [7, 11) is 0. The minimum absolute atomic E-state index is 0.311. The molecule has 18 heavy (non-hydrogen) atoms. The first kappa shape index (κ1) is 13.1. The molecular formula is C12H6BrClN2OS. The van der Waals surface area contributed by atoms with Crippen LogP contribution in [0.3, 0.4) is 0 Å². The molecule has 0 radical (unpaired) electrons. The first-order chi connectivity index (χ1) is 8.61. The summed E-state index contributed by atoms with van der Waals surface area (Å²) in [4.78, 5) is 12.4. The molecule has 0 aliphatic rings. The van der Waals surface area contributed by atoms with Crippen LogP contribution in [0, 0.1) is 11.3 Å². The maximum atomic E-state index is 11.9. The molecule has 0 atom stereocenters. The van der Waals surface area contributed by atoms with E-state index in [9.17, 15) is 4.79 Å². The summed E-state index contributed by atoms with van der Waals surface area (Å²) in [5.41, 5.74) is 0.862. The standard InChI is InChI=1S/C12H6BrClN2OS/c13-8-1-2-10(7(5-8)6-15)16-12(17)11-9(14)3-4-18-11/h1-5H,(H,16,17). The van der Waals surface area contributed by atoms with Crippen molar-refractivity contribution in [2.24, 2.45) is 0 Å². The van der Waals surface area contributed by atoms with Crippen LogP contribution in [0.15, 0.2) is 34.1 Å². The van der Waals surface area contributed by atoms with E-state index < -0.39 is 0 Å². The molecule has 2 rings (SSSR count). The summed E-state index contributed by atoms with van der Waals surface area (Å²) in [5.74, 6) is -0.311. The molecule has 3 nitrogen and oxygen atoms in total. The summed E-state index contributed by atoms with van der Waals surface area (Å²) in [6, 6.07) is 8.76. The van der Waals surface area contributed by atoms with Crippen molar-refractivity contribution in [1.29, 1.82) is 5.26 Å². The highest BCUT2D eigenvalue weighted by Gasteiger charge is 2.13. The van der Waals surface area contributed by atoms with Crippen molar-refractivity contribution in [2.75, 3.05) is 5.32 Å². The summed E-state index contributed by atoms with van der Waals surface area (Å²) >= 11 is 10.4. The van der Waals surface area contributed by atoms with E-state index >= 15 is 0 Å². The van der Waals surface area contributed by atoms with E-state index in [4.69, 9.17) is 16.9 Å². The Balaban J connectivity index is 2.28. The van der Waals surface area contributed by atoms with E-state index in [1.807, 2.05) is 6.07 Å². The van der Waals surface area contributed by atoms with Gasteiger partial charge in [-0.05, 0) is 29.6 Å². The van der Waals surface area contributed by atoms with Crippen LogP contribution in [0.5, 0.6) is 0 Å². The zero-order chi connectivity index (χ0) is 13.1. The number of amides is 1. The molecule has 0 unspecified atom stereocenters. The average molecular weight is 342 g/mol. The van der Waals surface area contributed by atoms with Crippen LogP contribution in [0.4, 0.5) is 5.69 Å². The summed E-state index contributed by atoms with van der Waals surface area (Å²) in [6.45, 7) is 0. The van der Waals surface area contributed by atoms with E-state index in [0.717, 1.165) is 4.47 Å². The van der Waals surface area contributed by atoms with Gasteiger partial charge in [0.25, 0.3) is 5.91 Å². The normalized spacial score (nSPS) is 9.83. The maximum absolute atomic E-state index is 11.9. The zero-order valence-electron chi connectivity index (χ0n) is 8.91. The molecule has 0 saturated heterocycles. The minimum Gasteiger partial charge on any atom is -0.320 e. The molecule has 1 N–H and O–H groups in total. The number of rotatable bonds is 2. The van der Waals surface area contributed by atoms with Crippen molar-refractivity contribution >= 4 is 50.5 Å². The Hall–Kier alpha value is -1.35. The monoisotopic (exact) mass is 340 g/mol. The zero-order valence-corrected chi connectivity index (χ0v) is 12.1. The average Bonchev–Trinajstić information content (AvgIpc) is 2.77. The second-order valence-electron chi connectivity index (χ2n) is 3.35. The van der Waals surface area contributed by atoms with Gasteiger partial charge in [-0.3, -0.25) is 4.79 Å². The van der Waals surface area contributed by atoms with Gasteiger partial charge < -0.3 is 5.32 Å². The largest absolute Gasteiger partial charge is 0.320 e. The summed E-state index contributed by atoms with van der Waals surface area (Å²) < 4.78 is 0.784. The Bertz CT molecular complexity index is 648. The lowest BCUT2D eigenvalue weighted by molar-refractivity contribution is 0.103. The Kier molecular flexibility index (Phi) is 4.02. The Morgan fingerprint density at radius 2 is 2.22 bits per heavy atom. The lowest BCUT2D eigenvalue weighted by Gasteiger charge is -2.06. The van der Waals surface area contributed by atoms with Gasteiger partial charge in [0.15, 0.2) is 0 Å². The van der Waals surface area contributed by atoms with Crippen LogP contribution in [0.25, 0.3) is 0 Å². The molecule has 1 aromatic heterocycles. The molecule has 0 bridgehead atoms. The van der Waals surface area contributed by atoms with Crippen LogP contribution in [0.1, 0.15) is 15.2 Å². The SMILES string of the molecule is N#Cc1cc(Br)ccc1NC(=O)c1sccc1Cl. The van der Waals surface area contributed by atoms with Crippen molar-refractivity contribution in [2.45, 2.75) is 0 Å². The van der Waals surface area contributed by atoms with Gasteiger partial charge in [-0.15, -0.1) is 11.3 Å². The number of anilines is 1. The number of hydrogen-bond donors (Lipinski definition) is 1. The van der Waals surface area contributed by atoms with Gasteiger partial charge in [0.2, 0.25) is 0 Å². The predicted octanol–water partition coefficient (Wildman–Crippen LogP) is 4.29. The van der Waals surface area contributed by atoms with Crippen molar-refractivity contribution in [3.8, 4) is 6.07 Å². The molecule has 0 aliphatic carbocycles. The van der Waals surface area contributed by atoms with E-state index in [1.54, 1.807) is 29.6 Å². The number of halogens is 2. The van der Waals surface area contributed by atoms with Gasteiger partial charge in [-0.2, -0.15) is 5.26 Å². The molecular weight excluding hydrogens is 336 g/mol. The predicted molar refractivity (Wildman–Crippen MR) is 76.1 cm³/mol. The molecule has 1 aromatic carbocycles. The first-order valence-corrected chi connectivity index (χ1v) is 6.91. The van der Waals surface area contributed by atoms with Gasteiger partial charge in [0.05, 0.1) is 16.3 Å². The molecule has 0 spiro atoms. The van der Waals surface area contributed by atoms with Gasteiger partial charge >= 0.3 is 0 Å². The van der Waals surface area contributed by atoms with E-state index in [2.05, 4.69) is 21.2 Å². The molecule has 0 aliphatic heterocycles. The van der Waals surface area contributed by atoms with Crippen molar-refractivity contribution in [3.63, 3.8) is 0 Å². The molecule has 0 fully saturated rings. The van der Waals surface area contributed by atoms with Crippen LogP contribution in [-0.2, 0) is 0 Å². The number of nitrogens with zero attached hydrogens (tertiary/aromatic N) is 1. The fraction of sp³-hybridized carbons (Fsp3) is 0. The fourth-order valence-corrected chi connectivity index (χ4v) is 2.75. The van der Waals surface area contributed by atoms with E-state index in [-0.39, 0.29) is 5.91 Å². The lowest BCUT2D eigenvalue weighted by atomic mass is 10.2. The van der Waals surface area contributed by atoms with Crippen LogP contribution in [-0.4, -0.2) is 5.91 Å². The Labute approximate surface area is 121 Å². The molecule has 2 aromatic rings. The first-order valence-electron chi connectivity index (χ1n) is 4.86.